The molecule has 0 aromatic rings. The molecule has 27 heavy (non-hydrogen) atoms. The molecule has 0 aromatic carbocycles. The summed E-state index contributed by atoms with van der Waals surface area (Å²) in [6.45, 7) is 5.10. The molecular weight excluding hydrogens is 459 g/mol. The first kappa shape index (κ1) is 22.1. The number of allylic oxidation sites excluding steroid dienone is 2. The van der Waals surface area contributed by atoms with E-state index in [2.05, 4.69) is 34.7 Å². The molecule has 8 heteroatoms. The van der Waals surface area contributed by atoms with E-state index in [0.29, 0.717) is 32.2 Å². The average molecular weight is 490 g/mol. The molecule has 7 nitrogen and oxygen atoms in total. The van der Waals surface area contributed by atoms with Crippen molar-refractivity contribution < 1.29 is 14.3 Å². The number of likely N-dealkylation sites (tertiary alicyclic amines) is 1. The number of ether oxygens (including phenoxy) is 1. The van der Waals surface area contributed by atoms with Crippen molar-refractivity contribution in [1.82, 2.24) is 15.5 Å². The molecule has 2 aliphatic carbocycles. The summed E-state index contributed by atoms with van der Waals surface area (Å²) in [5.74, 6) is 0.968. The van der Waals surface area contributed by atoms with Gasteiger partial charge in [-0.25, -0.2) is 0 Å². The van der Waals surface area contributed by atoms with Crippen LogP contribution in [0.1, 0.15) is 26.2 Å². The molecule has 1 saturated heterocycles. The van der Waals surface area contributed by atoms with Crippen molar-refractivity contribution in [3.63, 3.8) is 0 Å². The Kier molecular flexibility index (Phi) is 8.53. The highest BCUT2D eigenvalue weighted by Gasteiger charge is 2.58. The molecule has 1 saturated carbocycles. The Hall–Kier alpha value is -1.16. The molecule has 2 fully saturated rings. The Balaban J connectivity index is 0.00000261. The molecule has 4 unspecified atom stereocenters. The zero-order valence-corrected chi connectivity index (χ0v) is 18.5. The van der Waals surface area contributed by atoms with Gasteiger partial charge in [0.2, 0.25) is 11.8 Å². The molecule has 152 valence electrons. The van der Waals surface area contributed by atoms with Gasteiger partial charge in [-0.1, -0.05) is 25.5 Å². The summed E-state index contributed by atoms with van der Waals surface area (Å²) >= 11 is 0. The first-order valence-electron chi connectivity index (χ1n) is 9.73. The SMILES string of the molecule is CCCCOCCNC(=NC)NCCN1C(=O)C2C3C=CC(C3)C2C1=O.I. The van der Waals surface area contributed by atoms with Gasteiger partial charge in [-0.3, -0.25) is 19.5 Å². The number of nitrogens with one attached hydrogen (secondary N) is 2. The van der Waals surface area contributed by atoms with Crippen molar-refractivity contribution in [3.8, 4) is 0 Å². The standard InChI is InChI=1S/C19H30N4O3.HI/c1-3-4-10-26-11-8-22-19(20-2)21-7-9-23-17(24)15-13-5-6-14(12-13)16(15)18(23)25;/h5-6,13-16H,3-4,7-12H2,1-2H3,(H2,20,21,22);1H. The van der Waals surface area contributed by atoms with Crippen LogP contribution in [0, 0.1) is 23.7 Å². The summed E-state index contributed by atoms with van der Waals surface area (Å²) in [6.07, 6.45) is 7.41. The number of carbonyl (C=O) groups is 2. The topological polar surface area (TPSA) is 83.0 Å². The number of carbonyl (C=O) groups excluding carboxylic acids is 2. The summed E-state index contributed by atoms with van der Waals surface area (Å²) in [5, 5.41) is 6.34. The normalized spacial score (nSPS) is 28.5. The summed E-state index contributed by atoms with van der Waals surface area (Å²) in [6, 6.07) is 0. The smallest absolute Gasteiger partial charge is 0.233 e. The van der Waals surface area contributed by atoms with Crippen molar-refractivity contribution in [3.05, 3.63) is 12.2 Å². The van der Waals surface area contributed by atoms with Gasteiger partial charge < -0.3 is 15.4 Å². The first-order chi connectivity index (χ1) is 12.7. The largest absolute Gasteiger partial charge is 0.380 e. The number of halogens is 1. The van der Waals surface area contributed by atoms with Crippen LogP contribution in [0.4, 0.5) is 0 Å². The predicted molar refractivity (Wildman–Crippen MR) is 115 cm³/mol. The maximum Gasteiger partial charge on any atom is 0.233 e. The number of amides is 2. The first-order valence-corrected chi connectivity index (χ1v) is 9.73. The summed E-state index contributed by atoms with van der Waals surface area (Å²) in [7, 11) is 1.70. The zero-order valence-electron chi connectivity index (χ0n) is 16.1. The van der Waals surface area contributed by atoms with E-state index in [9.17, 15) is 9.59 Å². The van der Waals surface area contributed by atoms with Crippen molar-refractivity contribution in [1.29, 1.82) is 0 Å². The third-order valence-electron chi connectivity index (χ3n) is 5.59. The third kappa shape index (κ3) is 4.82. The van der Waals surface area contributed by atoms with Crippen LogP contribution in [-0.4, -0.2) is 62.6 Å². The number of aliphatic imine (C=N–C) groups is 1. The Morgan fingerprint density at radius 3 is 2.37 bits per heavy atom. The van der Waals surface area contributed by atoms with Crippen LogP contribution in [0.15, 0.2) is 17.1 Å². The van der Waals surface area contributed by atoms with Gasteiger partial charge in [0.25, 0.3) is 0 Å². The number of nitrogens with zero attached hydrogens (tertiary/aromatic N) is 2. The maximum atomic E-state index is 12.6. The second kappa shape index (κ2) is 10.4. The molecule has 2 amide bonds. The summed E-state index contributed by atoms with van der Waals surface area (Å²) in [5.41, 5.74) is 0. The van der Waals surface area contributed by atoms with Crippen molar-refractivity contribution in [2.24, 2.45) is 28.7 Å². The lowest BCUT2D eigenvalue weighted by Gasteiger charge is -2.18. The molecule has 1 heterocycles. The summed E-state index contributed by atoms with van der Waals surface area (Å²) < 4.78 is 5.50. The number of hydrogen-bond acceptors (Lipinski definition) is 4. The number of fused-ring (bicyclic) bond motifs is 5. The third-order valence-corrected chi connectivity index (χ3v) is 5.59. The quantitative estimate of drug-likeness (QED) is 0.128. The minimum absolute atomic E-state index is 0. The number of guanidine groups is 1. The van der Waals surface area contributed by atoms with E-state index >= 15 is 0 Å². The number of unbranched alkanes of at least 4 members (excludes halogenated alkanes) is 1. The van der Waals surface area contributed by atoms with Gasteiger partial charge in [0.05, 0.1) is 18.4 Å². The average Bonchev–Trinajstić information content (AvgIpc) is 3.32. The molecule has 0 aromatic heterocycles. The maximum absolute atomic E-state index is 12.6. The lowest BCUT2D eigenvalue weighted by molar-refractivity contribution is -0.140. The highest BCUT2D eigenvalue weighted by atomic mass is 127. The van der Waals surface area contributed by atoms with E-state index in [-0.39, 0.29) is 59.5 Å². The fraction of sp³-hybridized carbons (Fsp3) is 0.737. The Morgan fingerprint density at radius 1 is 1.15 bits per heavy atom. The second-order valence-corrected chi connectivity index (χ2v) is 7.22. The van der Waals surface area contributed by atoms with Crippen molar-refractivity contribution in [2.45, 2.75) is 26.2 Å². The number of imide groups is 1. The fourth-order valence-corrected chi connectivity index (χ4v) is 4.28. The molecule has 3 rings (SSSR count). The Bertz CT molecular complexity index is 566. The van der Waals surface area contributed by atoms with Crippen LogP contribution in [0.3, 0.4) is 0 Å². The van der Waals surface area contributed by atoms with Crippen LogP contribution in [0.5, 0.6) is 0 Å². The van der Waals surface area contributed by atoms with E-state index in [1.165, 1.54) is 4.90 Å². The van der Waals surface area contributed by atoms with Gasteiger partial charge >= 0.3 is 0 Å². The van der Waals surface area contributed by atoms with Crippen LogP contribution in [0.25, 0.3) is 0 Å². The predicted octanol–water partition coefficient (Wildman–Crippen LogP) is 1.39. The summed E-state index contributed by atoms with van der Waals surface area (Å²) in [4.78, 5) is 30.8. The van der Waals surface area contributed by atoms with Crippen molar-refractivity contribution in [2.75, 3.05) is 39.9 Å². The highest BCUT2D eigenvalue weighted by molar-refractivity contribution is 14.0. The van der Waals surface area contributed by atoms with E-state index in [4.69, 9.17) is 4.74 Å². The van der Waals surface area contributed by atoms with E-state index in [1.807, 2.05) is 0 Å². The van der Waals surface area contributed by atoms with Crippen LogP contribution < -0.4 is 10.6 Å². The molecule has 4 atom stereocenters. The van der Waals surface area contributed by atoms with E-state index < -0.39 is 0 Å². The minimum Gasteiger partial charge on any atom is -0.380 e. The molecule has 1 aliphatic heterocycles. The van der Waals surface area contributed by atoms with Gasteiger partial charge in [0.1, 0.15) is 0 Å². The lowest BCUT2D eigenvalue weighted by Crippen LogP contribution is -2.44. The molecule has 0 radical (unpaired) electrons. The Labute approximate surface area is 178 Å². The molecule has 2 bridgehead atoms. The number of hydrogen-bond donors (Lipinski definition) is 2. The highest BCUT2D eigenvalue weighted by Crippen LogP contribution is 2.52. The van der Waals surface area contributed by atoms with E-state index in [1.54, 1.807) is 7.05 Å². The molecular formula is C19H31IN4O3. The van der Waals surface area contributed by atoms with Gasteiger partial charge in [0, 0.05) is 33.3 Å². The van der Waals surface area contributed by atoms with Gasteiger partial charge in [-0.2, -0.15) is 0 Å². The molecule has 2 N–H and O–H groups in total. The van der Waals surface area contributed by atoms with Crippen LogP contribution in [0.2, 0.25) is 0 Å². The monoisotopic (exact) mass is 490 g/mol. The van der Waals surface area contributed by atoms with E-state index in [0.717, 1.165) is 25.9 Å². The van der Waals surface area contributed by atoms with Crippen molar-refractivity contribution >= 4 is 41.8 Å². The van der Waals surface area contributed by atoms with Crippen LogP contribution in [-0.2, 0) is 14.3 Å². The number of rotatable bonds is 9. The molecule has 0 spiro atoms. The van der Waals surface area contributed by atoms with Gasteiger partial charge in [-0.05, 0) is 24.7 Å². The lowest BCUT2D eigenvalue weighted by atomic mass is 9.85. The van der Waals surface area contributed by atoms with Crippen LogP contribution >= 0.6 is 24.0 Å². The van der Waals surface area contributed by atoms with Gasteiger partial charge in [0.15, 0.2) is 5.96 Å². The molecule has 3 aliphatic rings. The fourth-order valence-electron chi connectivity index (χ4n) is 4.28. The Morgan fingerprint density at radius 2 is 1.78 bits per heavy atom. The minimum atomic E-state index is -0.116. The van der Waals surface area contributed by atoms with Gasteiger partial charge in [-0.15, -0.1) is 24.0 Å². The second-order valence-electron chi connectivity index (χ2n) is 7.22. The zero-order chi connectivity index (χ0) is 18.5.